The largest absolute Gasteiger partial charge is 0.477 e. The van der Waals surface area contributed by atoms with Crippen molar-refractivity contribution >= 4 is 17.9 Å². The van der Waals surface area contributed by atoms with Gasteiger partial charge < -0.3 is 23.8 Å². The first-order valence-corrected chi connectivity index (χ1v) is 23.7. The van der Waals surface area contributed by atoms with E-state index in [1.807, 2.05) is 57.6 Å². The van der Waals surface area contributed by atoms with Gasteiger partial charge in [0.1, 0.15) is 6.61 Å². The number of carboxylic acids is 1. The van der Waals surface area contributed by atoms with Crippen LogP contribution in [0.4, 0.5) is 0 Å². The zero-order valence-corrected chi connectivity index (χ0v) is 38.2. The van der Waals surface area contributed by atoms with Crippen LogP contribution in [0.3, 0.4) is 0 Å². The normalized spacial score (nSPS) is 13.3. The second-order valence-corrected chi connectivity index (χ2v) is 17.1. The molecule has 336 valence electrons. The molecule has 0 aliphatic rings. The quantitative estimate of drug-likeness (QED) is 0.0283. The Labute approximate surface area is 356 Å². The molecule has 0 aliphatic heterocycles. The molecule has 58 heavy (non-hydrogen) atoms. The van der Waals surface area contributed by atoms with Crippen molar-refractivity contribution in [1.29, 1.82) is 0 Å². The molecule has 1 N–H and O–H groups in total. The van der Waals surface area contributed by atoms with Crippen LogP contribution in [-0.4, -0.2) is 80.6 Å². The van der Waals surface area contributed by atoms with E-state index in [9.17, 15) is 19.5 Å². The molecule has 0 fully saturated rings. The van der Waals surface area contributed by atoms with Crippen LogP contribution < -0.4 is 0 Å². The monoisotopic (exact) mass is 817 g/mol. The molecule has 0 aromatic heterocycles. The zero-order chi connectivity index (χ0) is 42.8. The maximum atomic E-state index is 12.7. The van der Waals surface area contributed by atoms with Crippen molar-refractivity contribution < 1.29 is 38.2 Å². The summed E-state index contributed by atoms with van der Waals surface area (Å²) in [6.07, 6.45) is 48.8. The minimum Gasteiger partial charge on any atom is -0.477 e. The van der Waals surface area contributed by atoms with E-state index in [-0.39, 0.29) is 42.7 Å². The van der Waals surface area contributed by atoms with E-state index in [1.165, 1.54) is 116 Å². The Morgan fingerprint density at radius 2 is 0.966 bits per heavy atom. The second kappa shape index (κ2) is 41.0. The topological polar surface area (TPSA) is 99.1 Å². The Bertz CT molecular complexity index is 1090. The minimum atomic E-state index is -0.882. The van der Waals surface area contributed by atoms with Gasteiger partial charge in [0.25, 0.3) is 0 Å². The molecular formula is C50H90NO7+. The highest BCUT2D eigenvalue weighted by molar-refractivity contribution is 5.72. The van der Waals surface area contributed by atoms with Crippen molar-refractivity contribution in [2.45, 2.75) is 212 Å². The van der Waals surface area contributed by atoms with Gasteiger partial charge in [0.15, 0.2) is 12.1 Å². The molecule has 2 unspecified atom stereocenters. The average molecular weight is 817 g/mol. The van der Waals surface area contributed by atoms with E-state index in [0.29, 0.717) is 19.3 Å². The molecule has 0 heterocycles. The third kappa shape index (κ3) is 38.8. The van der Waals surface area contributed by atoms with Crippen molar-refractivity contribution in [1.82, 2.24) is 0 Å². The summed E-state index contributed by atoms with van der Waals surface area (Å²) in [7, 11) is 5.51. The predicted molar refractivity (Wildman–Crippen MR) is 243 cm³/mol. The number of unbranched alkanes of at least 4 members (excludes halogenated alkanes) is 23. The number of esters is 2. The van der Waals surface area contributed by atoms with E-state index < -0.39 is 18.1 Å². The van der Waals surface area contributed by atoms with Crippen molar-refractivity contribution in [3.8, 4) is 0 Å². The van der Waals surface area contributed by atoms with Gasteiger partial charge in [-0.2, -0.15) is 0 Å². The maximum absolute atomic E-state index is 12.7. The SMILES string of the molecule is CC/C=C/C=C/C=C/C=C/CCCCCC(=O)OC(COCCC(C(=O)O)[N+](C)(C)C)COC(=O)CCCCCCCCCCCCCCCCCCCCCCC. The fraction of sp³-hybridized carbons (Fsp3) is 0.780. The van der Waals surface area contributed by atoms with Crippen molar-refractivity contribution in [3.63, 3.8) is 0 Å². The molecule has 8 nitrogen and oxygen atoms in total. The van der Waals surface area contributed by atoms with Crippen LogP contribution in [0, 0.1) is 0 Å². The van der Waals surface area contributed by atoms with Gasteiger partial charge in [-0.3, -0.25) is 9.59 Å². The number of carboxylic acid groups (broad SMARTS) is 1. The number of rotatable bonds is 42. The molecule has 0 amide bonds. The number of quaternary nitrogens is 1. The standard InChI is InChI=1S/C50H89NO7/c1-6-8-10-12-14-16-18-20-21-22-23-24-25-26-27-29-30-32-34-36-38-40-48(52)57-45-46(44-56-43-42-47(50(54)55)51(3,4)5)58-49(53)41-39-37-35-33-31-28-19-17-15-13-11-9-7-2/h9,11,13,15,17,19,28,31,46-47H,6-8,10,12,14,16,18,20-27,29-30,32-45H2,1-5H3/p+1/b11-9+,15-13+,19-17+,31-28+. The fourth-order valence-corrected chi connectivity index (χ4v) is 6.93. The van der Waals surface area contributed by atoms with E-state index in [0.717, 1.165) is 44.9 Å². The molecule has 0 aliphatic carbocycles. The van der Waals surface area contributed by atoms with Gasteiger partial charge in [-0.15, -0.1) is 0 Å². The first kappa shape index (κ1) is 55.3. The number of aliphatic carboxylic acids is 1. The molecule has 0 aromatic rings. The maximum Gasteiger partial charge on any atom is 0.362 e. The van der Waals surface area contributed by atoms with Gasteiger partial charge in [-0.25, -0.2) is 4.79 Å². The lowest BCUT2D eigenvalue weighted by molar-refractivity contribution is -0.887. The number of carbonyl (C=O) groups is 3. The third-order valence-electron chi connectivity index (χ3n) is 10.6. The molecule has 8 heteroatoms. The summed E-state index contributed by atoms with van der Waals surface area (Å²) in [6.45, 7) is 4.57. The van der Waals surface area contributed by atoms with Crippen LogP contribution in [0.25, 0.3) is 0 Å². The molecular weight excluding hydrogens is 727 g/mol. The number of hydrogen-bond donors (Lipinski definition) is 1. The minimum absolute atomic E-state index is 0.0459. The molecule has 2 atom stereocenters. The van der Waals surface area contributed by atoms with Crippen molar-refractivity contribution in [2.24, 2.45) is 0 Å². The molecule has 0 spiro atoms. The Balaban J connectivity index is 4.25. The van der Waals surface area contributed by atoms with E-state index in [1.54, 1.807) is 0 Å². The Morgan fingerprint density at radius 1 is 0.534 bits per heavy atom. The van der Waals surface area contributed by atoms with Crippen LogP contribution >= 0.6 is 0 Å². The highest BCUT2D eigenvalue weighted by atomic mass is 16.6. The molecule has 0 aromatic carbocycles. The summed E-state index contributed by atoms with van der Waals surface area (Å²) >= 11 is 0. The molecule has 0 radical (unpaired) electrons. The average Bonchev–Trinajstić information content (AvgIpc) is 3.18. The summed E-state index contributed by atoms with van der Waals surface area (Å²) in [6, 6.07) is -0.622. The summed E-state index contributed by atoms with van der Waals surface area (Å²) in [4.78, 5) is 37.0. The van der Waals surface area contributed by atoms with Gasteiger partial charge in [0, 0.05) is 19.3 Å². The number of hydrogen-bond acceptors (Lipinski definition) is 6. The molecule has 0 rings (SSSR count). The number of allylic oxidation sites excluding steroid dienone is 8. The number of carbonyl (C=O) groups excluding carboxylic acids is 2. The van der Waals surface area contributed by atoms with Crippen LogP contribution in [0.1, 0.15) is 200 Å². The first-order valence-electron chi connectivity index (χ1n) is 23.7. The lowest BCUT2D eigenvalue weighted by Gasteiger charge is -2.31. The summed E-state index contributed by atoms with van der Waals surface area (Å²) < 4.78 is 17.3. The molecule has 0 bridgehead atoms. The highest BCUT2D eigenvalue weighted by Gasteiger charge is 2.31. The Kier molecular flexibility index (Phi) is 39.1. The van der Waals surface area contributed by atoms with Gasteiger partial charge in [-0.1, -0.05) is 197 Å². The lowest BCUT2D eigenvalue weighted by atomic mass is 10.0. The van der Waals surface area contributed by atoms with Gasteiger partial charge in [-0.05, 0) is 32.1 Å². The van der Waals surface area contributed by atoms with Crippen LogP contribution in [0.15, 0.2) is 48.6 Å². The van der Waals surface area contributed by atoms with E-state index in [2.05, 4.69) is 26.0 Å². The number of nitrogens with zero attached hydrogens (tertiary/aromatic N) is 1. The zero-order valence-electron chi connectivity index (χ0n) is 38.2. The summed E-state index contributed by atoms with van der Waals surface area (Å²) in [5.74, 6) is -1.51. The highest BCUT2D eigenvalue weighted by Crippen LogP contribution is 2.16. The first-order chi connectivity index (χ1) is 28.1. The summed E-state index contributed by atoms with van der Waals surface area (Å²) in [5.41, 5.74) is 0. The second-order valence-electron chi connectivity index (χ2n) is 17.1. The van der Waals surface area contributed by atoms with Gasteiger partial charge >= 0.3 is 17.9 Å². The number of ether oxygens (including phenoxy) is 3. The fourth-order valence-electron chi connectivity index (χ4n) is 6.93. The van der Waals surface area contributed by atoms with Crippen LogP contribution in [0.5, 0.6) is 0 Å². The molecule has 0 saturated heterocycles. The molecule has 0 saturated carbocycles. The van der Waals surface area contributed by atoms with Gasteiger partial charge in [0.2, 0.25) is 0 Å². The Morgan fingerprint density at radius 3 is 1.43 bits per heavy atom. The van der Waals surface area contributed by atoms with E-state index in [4.69, 9.17) is 14.2 Å². The predicted octanol–water partition coefficient (Wildman–Crippen LogP) is 13.2. The number of likely N-dealkylation sites (N-methyl/N-ethyl adjacent to an activating group) is 1. The summed E-state index contributed by atoms with van der Waals surface area (Å²) in [5, 5.41) is 9.62. The van der Waals surface area contributed by atoms with Crippen molar-refractivity contribution in [3.05, 3.63) is 48.6 Å². The van der Waals surface area contributed by atoms with Crippen LogP contribution in [0.2, 0.25) is 0 Å². The Hall–Kier alpha value is -2.71. The van der Waals surface area contributed by atoms with Crippen molar-refractivity contribution in [2.75, 3.05) is 41.0 Å². The lowest BCUT2D eigenvalue weighted by Crippen LogP contribution is -2.50. The van der Waals surface area contributed by atoms with E-state index >= 15 is 0 Å². The smallest absolute Gasteiger partial charge is 0.362 e. The van der Waals surface area contributed by atoms with Crippen LogP contribution in [-0.2, 0) is 28.6 Å². The third-order valence-corrected chi connectivity index (χ3v) is 10.6. The van der Waals surface area contributed by atoms with Gasteiger partial charge in [0.05, 0.1) is 34.4 Å².